The third kappa shape index (κ3) is 3.48. The number of anilines is 1. The van der Waals surface area contributed by atoms with Gasteiger partial charge in [-0.05, 0) is 25.0 Å². The fourth-order valence-corrected chi connectivity index (χ4v) is 2.51. The minimum atomic E-state index is -0.393. The van der Waals surface area contributed by atoms with E-state index in [1.165, 1.54) is 12.1 Å². The Morgan fingerprint density at radius 1 is 1.22 bits per heavy atom. The van der Waals surface area contributed by atoms with Crippen LogP contribution in [0.5, 0.6) is 0 Å². The number of hydrogen-bond acceptors (Lipinski definition) is 4. The lowest BCUT2D eigenvalue weighted by molar-refractivity contribution is -0.129. The number of ether oxygens (including phenoxy) is 1. The zero-order valence-corrected chi connectivity index (χ0v) is 13.0. The quantitative estimate of drug-likeness (QED) is 0.940. The van der Waals surface area contributed by atoms with Crippen LogP contribution in [-0.4, -0.2) is 28.7 Å². The molecule has 23 heavy (non-hydrogen) atoms. The van der Waals surface area contributed by atoms with Crippen LogP contribution in [0.4, 0.5) is 5.69 Å². The van der Waals surface area contributed by atoms with Gasteiger partial charge in [-0.2, -0.15) is 0 Å². The second-order valence-electron chi connectivity index (χ2n) is 5.97. The molecule has 0 aliphatic carbocycles. The Hall–Kier alpha value is -2.47. The Labute approximate surface area is 134 Å². The van der Waals surface area contributed by atoms with Gasteiger partial charge in [-0.1, -0.05) is 6.92 Å². The van der Waals surface area contributed by atoms with Crippen molar-refractivity contribution in [1.29, 1.82) is 0 Å². The largest absolute Gasteiger partial charge is 0.381 e. The number of nitrogens with zero attached hydrogens (tertiary/aromatic N) is 2. The van der Waals surface area contributed by atoms with Gasteiger partial charge >= 0.3 is 0 Å². The van der Waals surface area contributed by atoms with Crippen molar-refractivity contribution < 1.29 is 9.53 Å². The van der Waals surface area contributed by atoms with Crippen molar-refractivity contribution in [1.82, 2.24) is 9.55 Å². The van der Waals surface area contributed by atoms with Gasteiger partial charge in [0.25, 0.3) is 0 Å². The summed E-state index contributed by atoms with van der Waals surface area (Å²) in [5, 5.41) is 2.92. The fraction of sp³-hybridized carbons (Fsp3) is 0.353. The molecule has 0 bridgehead atoms. The van der Waals surface area contributed by atoms with Crippen molar-refractivity contribution in [3.63, 3.8) is 0 Å². The van der Waals surface area contributed by atoms with E-state index in [2.05, 4.69) is 10.3 Å². The summed E-state index contributed by atoms with van der Waals surface area (Å²) in [6.45, 7) is 3.20. The molecule has 1 aliphatic heterocycles. The fourth-order valence-electron chi connectivity index (χ4n) is 2.51. The number of carbonyl (C=O) groups excluding carboxylic acids is 1. The van der Waals surface area contributed by atoms with E-state index in [1.54, 1.807) is 35.3 Å². The number of nitrogens with one attached hydrogen (secondary N) is 1. The minimum absolute atomic E-state index is 0.00119. The predicted molar refractivity (Wildman–Crippen MR) is 86.6 cm³/mol. The maximum absolute atomic E-state index is 12.4. The summed E-state index contributed by atoms with van der Waals surface area (Å²) in [5.74, 6) is 0.680. The number of hydrogen-bond donors (Lipinski definition) is 1. The highest BCUT2D eigenvalue weighted by Crippen LogP contribution is 2.31. The zero-order valence-electron chi connectivity index (χ0n) is 13.0. The molecule has 1 saturated heterocycles. The van der Waals surface area contributed by atoms with Crippen LogP contribution in [0.15, 0.2) is 47.7 Å². The van der Waals surface area contributed by atoms with Crippen LogP contribution in [0.25, 0.3) is 5.82 Å². The van der Waals surface area contributed by atoms with E-state index >= 15 is 0 Å². The van der Waals surface area contributed by atoms with Gasteiger partial charge in [0.15, 0.2) is 5.43 Å². The summed E-state index contributed by atoms with van der Waals surface area (Å²) in [4.78, 5) is 27.9. The van der Waals surface area contributed by atoms with Gasteiger partial charge < -0.3 is 14.6 Å². The molecule has 0 spiro atoms. The molecule has 6 heteroatoms. The Morgan fingerprint density at radius 2 is 1.91 bits per heavy atom. The lowest BCUT2D eigenvalue weighted by atomic mass is 9.81. The van der Waals surface area contributed by atoms with Crippen LogP contribution in [0.2, 0.25) is 0 Å². The number of rotatable bonds is 3. The Kier molecular flexibility index (Phi) is 4.25. The Bertz CT molecular complexity index is 726. The lowest BCUT2D eigenvalue weighted by Gasteiger charge is -2.31. The first-order chi connectivity index (χ1) is 11.1. The smallest absolute Gasteiger partial charge is 0.230 e. The molecular weight excluding hydrogens is 294 g/mol. The summed E-state index contributed by atoms with van der Waals surface area (Å²) < 4.78 is 7.06. The second kappa shape index (κ2) is 6.34. The average Bonchev–Trinajstić information content (AvgIpc) is 2.57. The number of pyridine rings is 2. The van der Waals surface area contributed by atoms with E-state index < -0.39 is 5.41 Å². The molecular formula is C17H19N3O3. The van der Waals surface area contributed by atoms with E-state index in [-0.39, 0.29) is 11.3 Å². The van der Waals surface area contributed by atoms with Crippen molar-refractivity contribution in [3.05, 3.63) is 53.1 Å². The topological polar surface area (TPSA) is 73.2 Å². The van der Waals surface area contributed by atoms with E-state index in [9.17, 15) is 9.59 Å². The van der Waals surface area contributed by atoms with Gasteiger partial charge in [-0.25, -0.2) is 4.98 Å². The van der Waals surface area contributed by atoms with E-state index in [4.69, 9.17) is 4.74 Å². The molecule has 2 aromatic heterocycles. The molecule has 1 aliphatic rings. The first-order valence-electron chi connectivity index (χ1n) is 7.61. The van der Waals surface area contributed by atoms with E-state index in [1.807, 2.05) is 6.92 Å². The molecule has 1 amide bonds. The summed E-state index contributed by atoms with van der Waals surface area (Å²) in [5.41, 5.74) is 0.220. The van der Waals surface area contributed by atoms with Crippen LogP contribution in [-0.2, 0) is 9.53 Å². The average molecular weight is 313 g/mol. The molecule has 3 heterocycles. The number of amides is 1. The van der Waals surface area contributed by atoms with E-state index in [0.29, 0.717) is 24.7 Å². The molecule has 0 saturated carbocycles. The molecule has 0 radical (unpaired) electrons. The molecule has 0 atom stereocenters. The standard InChI is InChI=1S/C17H19N3O3/c1-17(6-10-23-11-7-17)16(22)19-13-2-3-15(18-12-13)20-8-4-14(21)5-9-20/h2-5,8-9,12H,6-7,10-11H2,1H3,(H,19,22). The third-order valence-electron chi connectivity index (χ3n) is 4.21. The Balaban J connectivity index is 1.71. The molecule has 1 fully saturated rings. The highest BCUT2D eigenvalue weighted by Gasteiger charge is 2.35. The van der Waals surface area contributed by atoms with Crippen LogP contribution in [0, 0.1) is 5.41 Å². The molecule has 0 unspecified atom stereocenters. The second-order valence-corrected chi connectivity index (χ2v) is 5.97. The number of aromatic nitrogens is 2. The summed E-state index contributed by atoms with van der Waals surface area (Å²) in [6, 6.07) is 6.56. The molecule has 3 rings (SSSR count). The van der Waals surface area contributed by atoms with Gasteiger partial charge in [-0.3, -0.25) is 9.59 Å². The molecule has 120 valence electrons. The first-order valence-corrected chi connectivity index (χ1v) is 7.61. The highest BCUT2D eigenvalue weighted by atomic mass is 16.5. The monoisotopic (exact) mass is 313 g/mol. The zero-order chi connectivity index (χ0) is 16.3. The van der Waals surface area contributed by atoms with Crippen LogP contribution >= 0.6 is 0 Å². The van der Waals surface area contributed by atoms with Crippen LogP contribution in [0.1, 0.15) is 19.8 Å². The minimum Gasteiger partial charge on any atom is -0.381 e. The summed E-state index contributed by atoms with van der Waals surface area (Å²) in [7, 11) is 0. The van der Waals surface area contributed by atoms with Gasteiger partial charge in [0.1, 0.15) is 5.82 Å². The first kappa shape index (κ1) is 15.4. The van der Waals surface area contributed by atoms with Crippen molar-refractivity contribution in [2.75, 3.05) is 18.5 Å². The maximum atomic E-state index is 12.4. The molecule has 1 N–H and O–H groups in total. The van der Waals surface area contributed by atoms with Crippen molar-refractivity contribution in [2.24, 2.45) is 5.41 Å². The van der Waals surface area contributed by atoms with Gasteiger partial charge in [0.2, 0.25) is 5.91 Å². The van der Waals surface area contributed by atoms with Gasteiger partial charge in [0, 0.05) is 37.7 Å². The summed E-state index contributed by atoms with van der Waals surface area (Å²) >= 11 is 0. The molecule has 2 aromatic rings. The lowest BCUT2D eigenvalue weighted by Crippen LogP contribution is -2.38. The highest BCUT2D eigenvalue weighted by molar-refractivity contribution is 5.95. The third-order valence-corrected chi connectivity index (χ3v) is 4.21. The van der Waals surface area contributed by atoms with Gasteiger partial charge in [-0.15, -0.1) is 0 Å². The van der Waals surface area contributed by atoms with Crippen LogP contribution < -0.4 is 10.7 Å². The Morgan fingerprint density at radius 3 is 2.52 bits per heavy atom. The van der Waals surface area contributed by atoms with Crippen molar-refractivity contribution in [3.8, 4) is 5.82 Å². The normalized spacial score (nSPS) is 16.7. The predicted octanol–water partition coefficient (Wildman–Crippen LogP) is 1.99. The van der Waals surface area contributed by atoms with Crippen LogP contribution in [0.3, 0.4) is 0 Å². The SMILES string of the molecule is CC1(C(=O)Nc2ccc(-n3ccc(=O)cc3)nc2)CCOCC1. The van der Waals surface area contributed by atoms with Crippen molar-refractivity contribution >= 4 is 11.6 Å². The molecule has 6 nitrogen and oxygen atoms in total. The number of carbonyl (C=O) groups is 1. The maximum Gasteiger partial charge on any atom is 0.230 e. The van der Waals surface area contributed by atoms with Gasteiger partial charge in [0.05, 0.1) is 17.3 Å². The molecule has 0 aromatic carbocycles. The summed E-state index contributed by atoms with van der Waals surface area (Å²) in [6.07, 6.45) is 6.38. The van der Waals surface area contributed by atoms with E-state index in [0.717, 1.165) is 12.8 Å². The van der Waals surface area contributed by atoms with Crippen molar-refractivity contribution in [2.45, 2.75) is 19.8 Å².